The molecule has 0 saturated carbocycles. The number of nitrogens with two attached hydrogens (primary N) is 1. The Labute approximate surface area is 207 Å². The number of hydrogen-bond acceptors (Lipinski definition) is 10. The summed E-state index contributed by atoms with van der Waals surface area (Å²) in [5.41, 5.74) is 4.74. The topological polar surface area (TPSA) is 170 Å². The first-order chi connectivity index (χ1) is 16.9. The van der Waals surface area contributed by atoms with Crippen LogP contribution in [-0.4, -0.2) is 54.1 Å². The molecule has 0 unspecified atom stereocenters. The molecule has 0 atom stereocenters. The first-order valence-electron chi connectivity index (χ1n) is 11.1. The standard InChI is InChI=1S/C22H28FN7O5S/c1-13(2)20-27-22(35-28-20)15-7-9-29(10-8-15)14(3)19(30(31)32)21(25-12-24)26-18-6-5-16(11-17(18)23)36(4,33)34/h5-6,11-13,15,26H,3,7-10H2,1-2,4H3,(H2,24,25)/b21-19-. The zero-order chi connectivity index (χ0) is 26.6. The third kappa shape index (κ3) is 6.05. The predicted molar refractivity (Wildman–Crippen MR) is 131 cm³/mol. The molecule has 194 valence electrons. The highest BCUT2D eigenvalue weighted by atomic mass is 32.2. The Balaban J connectivity index is 1.83. The molecule has 1 aliphatic heterocycles. The van der Waals surface area contributed by atoms with Crippen LogP contribution in [0.15, 0.2) is 56.4 Å². The van der Waals surface area contributed by atoms with Gasteiger partial charge in [-0.1, -0.05) is 25.6 Å². The Morgan fingerprint density at radius 1 is 1.42 bits per heavy atom. The van der Waals surface area contributed by atoms with Crippen molar-refractivity contribution in [1.82, 2.24) is 15.0 Å². The van der Waals surface area contributed by atoms with Gasteiger partial charge in [-0.25, -0.2) is 17.8 Å². The van der Waals surface area contributed by atoms with Crippen molar-refractivity contribution in [3.63, 3.8) is 0 Å². The van der Waals surface area contributed by atoms with Gasteiger partial charge < -0.3 is 20.5 Å². The lowest BCUT2D eigenvalue weighted by Crippen LogP contribution is -2.34. The molecule has 2 heterocycles. The van der Waals surface area contributed by atoms with Gasteiger partial charge in [0, 0.05) is 31.2 Å². The average molecular weight is 522 g/mol. The molecule has 1 aromatic carbocycles. The fourth-order valence-electron chi connectivity index (χ4n) is 3.70. The lowest BCUT2D eigenvalue weighted by Gasteiger charge is -2.32. The largest absolute Gasteiger partial charge is 0.390 e. The molecule has 1 aliphatic rings. The van der Waals surface area contributed by atoms with E-state index in [1.165, 1.54) is 6.07 Å². The number of halogens is 1. The molecule has 0 spiro atoms. The van der Waals surface area contributed by atoms with Crippen molar-refractivity contribution in [3.05, 3.63) is 69.6 Å². The number of sulfone groups is 1. The van der Waals surface area contributed by atoms with Gasteiger partial charge in [0.25, 0.3) is 0 Å². The maximum Gasteiger partial charge on any atom is 0.334 e. The molecule has 0 amide bonds. The Hall–Kier alpha value is -3.81. The van der Waals surface area contributed by atoms with Gasteiger partial charge in [0.15, 0.2) is 15.7 Å². The highest BCUT2D eigenvalue weighted by molar-refractivity contribution is 7.90. The zero-order valence-electron chi connectivity index (χ0n) is 20.1. The van der Waals surface area contributed by atoms with Crippen molar-refractivity contribution >= 4 is 21.9 Å². The summed E-state index contributed by atoms with van der Waals surface area (Å²) in [6.07, 6.45) is 2.98. The minimum atomic E-state index is -3.64. The molecule has 36 heavy (non-hydrogen) atoms. The fourth-order valence-corrected chi connectivity index (χ4v) is 4.34. The molecule has 0 bridgehead atoms. The van der Waals surface area contributed by atoms with Crippen molar-refractivity contribution in [2.24, 2.45) is 10.7 Å². The Morgan fingerprint density at radius 2 is 2.08 bits per heavy atom. The Morgan fingerprint density at radius 3 is 2.58 bits per heavy atom. The van der Waals surface area contributed by atoms with E-state index in [2.05, 4.69) is 27.0 Å². The number of hydrogen-bond donors (Lipinski definition) is 2. The number of nitrogens with zero attached hydrogens (tertiary/aromatic N) is 5. The van der Waals surface area contributed by atoms with Crippen LogP contribution in [0.5, 0.6) is 0 Å². The maximum absolute atomic E-state index is 14.6. The van der Waals surface area contributed by atoms with E-state index in [0.29, 0.717) is 37.6 Å². The summed E-state index contributed by atoms with van der Waals surface area (Å²) in [6, 6.07) is 3.15. The van der Waals surface area contributed by atoms with Gasteiger partial charge in [0.1, 0.15) is 11.5 Å². The fraction of sp³-hybridized carbons (Fsp3) is 0.409. The number of aliphatic imine (C=N–C) groups is 1. The summed E-state index contributed by atoms with van der Waals surface area (Å²) in [4.78, 5) is 21.1. The lowest BCUT2D eigenvalue weighted by molar-refractivity contribution is -0.423. The van der Waals surface area contributed by atoms with Crippen molar-refractivity contribution in [2.45, 2.75) is 43.4 Å². The van der Waals surface area contributed by atoms with Crippen molar-refractivity contribution in [2.75, 3.05) is 24.7 Å². The maximum atomic E-state index is 14.6. The second-order valence-electron chi connectivity index (χ2n) is 8.62. The van der Waals surface area contributed by atoms with Crippen molar-refractivity contribution < 1.29 is 22.3 Å². The summed E-state index contributed by atoms with van der Waals surface area (Å²) in [6.45, 7) is 8.67. The van der Waals surface area contributed by atoms with Crippen LogP contribution in [0.25, 0.3) is 0 Å². The van der Waals surface area contributed by atoms with Crippen molar-refractivity contribution in [1.29, 1.82) is 0 Å². The number of likely N-dealkylation sites (tertiary alicyclic amines) is 1. The van der Waals surface area contributed by atoms with Crippen molar-refractivity contribution in [3.8, 4) is 0 Å². The third-order valence-corrected chi connectivity index (χ3v) is 6.82. The number of rotatable bonds is 9. The Kier molecular flexibility index (Phi) is 8.07. The molecule has 0 aliphatic carbocycles. The highest BCUT2D eigenvalue weighted by Crippen LogP contribution is 2.32. The van der Waals surface area contributed by atoms with Crippen LogP contribution in [0.4, 0.5) is 10.1 Å². The van der Waals surface area contributed by atoms with Crippen LogP contribution in [0.1, 0.15) is 50.2 Å². The molecule has 14 heteroatoms. The van der Waals surface area contributed by atoms with Gasteiger partial charge >= 0.3 is 5.70 Å². The van der Waals surface area contributed by atoms with Crippen LogP contribution in [0.3, 0.4) is 0 Å². The van der Waals surface area contributed by atoms with E-state index >= 15 is 0 Å². The zero-order valence-corrected chi connectivity index (χ0v) is 21.0. The first-order valence-corrected chi connectivity index (χ1v) is 13.0. The first kappa shape index (κ1) is 26.8. The lowest BCUT2D eigenvalue weighted by atomic mass is 9.96. The van der Waals surface area contributed by atoms with Gasteiger partial charge in [-0.15, -0.1) is 0 Å². The van der Waals surface area contributed by atoms with E-state index in [9.17, 15) is 22.9 Å². The molecular formula is C22H28FN7O5S. The summed E-state index contributed by atoms with van der Waals surface area (Å²) < 4.78 is 43.3. The minimum absolute atomic E-state index is 0.0131. The normalized spacial score (nSPS) is 15.9. The van der Waals surface area contributed by atoms with Gasteiger partial charge in [-0.2, -0.15) is 4.98 Å². The molecule has 0 radical (unpaired) electrons. The van der Waals surface area contributed by atoms with E-state index in [0.717, 1.165) is 24.7 Å². The second kappa shape index (κ2) is 10.8. The van der Waals surface area contributed by atoms with Crippen LogP contribution in [0, 0.1) is 15.9 Å². The predicted octanol–water partition coefficient (Wildman–Crippen LogP) is 2.97. The summed E-state index contributed by atoms with van der Waals surface area (Å²) in [5.74, 6) is 0.0340. The molecule has 12 nitrogen and oxygen atoms in total. The second-order valence-corrected chi connectivity index (χ2v) is 10.6. The van der Waals surface area contributed by atoms with E-state index in [1.807, 2.05) is 13.8 Å². The van der Waals surface area contributed by atoms with E-state index in [-0.39, 0.29) is 33.9 Å². The molecule has 2 aromatic rings. The monoisotopic (exact) mass is 521 g/mol. The number of nitro groups is 1. The van der Waals surface area contributed by atoms with Crippen LogP contribution in [-0.2, 0) is 9.84 Å². The molecule has 3 rings (SSSR count). The molecular weight excluding hydrogens is 493 g/mol. The highest BCUT2D eigenvalue weighted by Gasteiger charge is 2.32. The van der Waals surface area contributed by atoms with E-state index < -0.39 is 26.3 Å². The molecule has 1 aromatic heterocycles. The smallest absolute Gasteiger partial charge is 0.334 e. The number of aromatic nitrogens is 2. The Bertz CT molecular complexity index is 1310. The molecule has 1 saturated heterocycles. The summed E-state index contributed by atoms with van der Waals surface area (Å²) in [5, 5.41) is 18.5. The SMILES string of the molecule is C=C(/C(=C(\N=CN)Nc1ccc(S(C)(=O)=O)cc1F)[N+](=O)[O-])N1CCC(c2nc(C(C)C)no2)CC1. The third-order valence-electron chi connectivity index (χ3n) is 5.71. The number of benzene rings is 1. The quantitative estimate of drug-likeness (QED) is 0.164. The van der Waals surface area contributed by atoms with Gasteiger partial charge in [0.05, 0.1) is 21.8 Å². The number of nitrogens with one attached hydrogen (secondary N) is 1. The number of piperidine rings is 1. The van der Waals surface area contributed by atoms with Gasteiger partial charge in [-0.05, 0) is 31.0 Å². The summed E-state index contributed by atoms with van der Waals surface area (Å²) >= 11 is 0. The van der Waals surface area contributed by atoms with E-state index in [1.54, 1.807) is 4.90 Å². The van der Waals surface area contributed by atoms with Crippen LogP contribution >= 0.6 is 0 Å². The number of anilines is 1. The van der Waals surface area contributed by atoms with Gasteiger partial charge in [-0.3, -0.25) is 10.1 Å². The van der Waals surface area contributed by atoms with Crippen LogP contribution in [0.2, 0.25) is 0 Å². The van der Waals surface area contributed by atoms with Gasteiger partial charge in [0.2, 0.25) is 11.7 Å². The molecule has 1 fully saturated rings. The summed E-state index contributed by atoms with van der Waals surface area (Å²) in [7, 11) is -3.64. The minimum Gasteiger partial charge on any atom is -0.390 e. The molecule has 3 N–H and O–H groups in total. The van der Waals surface area contributed by atoms with E-state index in [4.69, 9.17) is 10.3 Å². The average Bonchev–Trinajstić information content (AvgIpc) is 3.30. The van der Waals surface area contributed by atoms with Crippen LogP contribution < -0.4 is 11.1 Å².